The van der Waals surface area contributed by atoms with Gasteiger partial charge in [-0.25, -0.2) is 4.98 Å². The van der Waals surface area contributed by atoms with Crippen molar-refractivity contribution >= 4 is 58.2 Å². The monoisotopic (exact) mass is 434 g/mol. The number of amides is 2. The predicted molar refractivity (Wildman–Crippen MR) is 109 cm³/mol. The van der Waals surface area contributed by atoms with E-state index in [1.165, 1.54) is 28.0 Å². The number of thioether (sulfide) groups is 1. The molecule has 0 saturated carbocycles. The molecule has 144 valence electrons. The first-order chi connectivity index (χ1) is 13.4. The second-order valence-electron chi connectivity index (χ2n) is 6.33. The molecule has 11 heteroatoms. The normalized spacial score (nSPS) is 21.4. The first-order valence-electron chi connectivity index (χ1n) is 8.27. The van der Waals surface area contributed by atoms with E-state index in [1.807, 2.05) is 17.5 Å². The molecular weight excluding hydrogens is 418 g/mol. The number of carbonyl (C=O) groups is 3. The minimum Gasteiger partial charge on any atom is -0.364 e. The Morgan fingerprint density at radius 3 is 2.71 bits per heavy atom. The molecule has 0 aromatic carbocycles. The lowest BCUT2D eigenvalue weighted by molar-refractivity contribution is -0.684. The summed E-state index contributed by atoms with van der Waals surface area (Å²) in [6.07, 6.45) is 3.50. The van der Waals surface area contributed by atoms with Crippen molar-refractivity contribution in [2.24, 2.45) is 11.5 Å². The molecule has 2 aromatic rings. The Labute approximate surface area is 174 Å². The van der Waals surface area contributed by atoms with Crippen LogP contribution >= 0.6 is 35.7 Å². The Bertz CT molecular complexity index is 1020. The number of nitrogens with zero attached hydrogens (tertiary/aromatic N) is 3. The number of hydrogen-bond donors (Lipinski definition) is 3. The van der Waals surface area contributed by atoms with Crippen molar-refractivity contribution in [1.82, 2.24) is 9.88 Å². The van der Waals surface area contributed by atoms with Crippen LogP contribution in [0.3, 0.4) is 0 Å². The standard InChI is InChI=1S/C17H15N5O3S3/c18-11(23)5-21-3-1-8(2-4-21)10-7-27-14(20-10)9-6-28-16-12(19)15(24)22(16)13(9)17(25)26/h1-4,7,12,16H,5-6,19H2,(H2-,18,23,25,26)/p+1/t12-,16-/m1/s1. The second kappa shape index (κ2) is 7.32. The lowest BCUT2D eigenvalue weighted by Gasteiger charge is -2.48. The third-order valence-electron chi connectivity index (χ3n) is 4.50. The van der Waals surface area contributed by atoms with Crippen molar-refractivity contribution in [2.45, 2.75) is 18.0 Å². The highest BCUT2D eigenvalue weighted by molar-refractivity contribution is 8.00. The van der Waals surface area contributed by atoms with Gasteiger partial charge in [-0.15, -0.1) is 23.1 Å². The molecule has 2 aliphatic heterocycles. The van der Waals surface area contributed by atoms with Crippen LogP contribution < -0.4 is 16.0 Å². The predicted octanol–water partition coefficient (Wildman–Crippen LogP) is -0.00720. The van der Waals surface area contributed by atoms with Crippen molar-refractivity contribution in [2.75, 3.05) is 5.75 Å². The Morgan fingerprint density at radius 1 is 1.36 bits per heavy atom. The molecule has 0 unspecified atom stereocenters. The van der Waals surface area contributed by atoms with E-state index in [2.05, 4.69) is 17.6 Å². The second-order valence-corrected chi connectivity index (χ2v) is 8.70. The van der Waals surface area contributed by atoms with E-state index in [1.54, 1.807) is 17.0 Å². The van der Waals surface area contributed by atoms with E-state index in [4.69, 9.17) is 11.5 Å². The van der Waals surface area contributed by atoms with E-state index in [0.717, 1.165) is 11.3 Å². The van der Waals surface area contributed by atoms with Crippen molar-refractivity contribution in [1.29, 1.82) is 0 Å². The van der Waals surface area contributed by atoms with E-state index in [-0.39, 0.29) is 23.5 Å². The summed E-state index contributed by atoms with van der Waals surface area (Å²) in [5, 5.41) is 1.86. The number of carbonyl (C=O) groups excluding carboxylic acids is 3. The summed E-state index contributed by atoms with van der Waals surface area (Å²) in [6, 6.07) is 3.09. The number of pyridine rings is 1. The van der Waals surface area contributed by atoms with Crippen molar-refractivity contribution in [3.63, 3.8) is 0 Å². The third-order valence-corrected chi connectivity index (χ3v) is 6.91. The van der Waals surface area contributed by atoms with Crippen LogP contribution in [0, 0.1) is 0 Å². The van der Waals surface area contributed by atoms with Gasteiger partial charge in [0.2, 0.25) is 17.6 Å². The summed E-state index contributed by atoms with van der Waals surface area (Å²) in [4.78, 5) is 41.3. The molecular formula is C17H16N5O3S3+. The molecule has 28 heavy (non-hydrogen) atoms. The molecule has 2 aliphatic rings. The number of thiazole rings is 1. The molecule has 1 saturated heterocycles. The summed E-state index contributed by atoms with van der Waals surface area (Å²) in [5.74, 6) is -0.159. The average molecular weight is 435 g/mol. The van der Waals surface area contributed by atoms with E-state index in [0.29, 0.717) is 16.3 Å². The Kier molecular flexibility index (Phi) is 5.00. The highest BCUT2D eigenvalue weighted by atomic mass is 32.2. The number of primary amides is 1. The van der Waals surface area contributed by atoms with Crippen LogP contribution in [-0.2, 0) is 20.9 Å². The SMILES string of the molecule is NC(=O)C[n+]1ccc(-c2csc(C3=C(C(=O)S)N4C(=O)[C@@H](N)[C@H]4SC3)n2)cc1. The van der Waals surface area contributed by atoms with Gasteiger partial charge in [0.15, 0.2) is 12.4 Å². The van der Waals surface area contributed by atoms with Gasteiger partial charge in [0.25, 0.3) is 5.91 Å². The number of hydrogen-bond acceptors (Lipinski definition) is 7. The molecule has 4 N–H and O–H groups in total. The van der Waals surface area contributed by atoms with E-state index < -0.39 is 17.1 Å². The van der Waals surface area contributed by atoms with Crippen molar-refractivity contribution in [3.05, 3.63) is 40.6 Å². The van der Waals surface area contributed by atoms with Crippen LogP contribution in [-0.4, -0.2) is 44.0 Å². The van der Waals surface area contributed by atoms with Gasteiger partial charge >= 0.3 is 0 Å². The van der Waals surface area contributed by atoms with Crippen LogP contribution in [0.25, 0.3) is 16.8 Å². The molecule has 2 amide bonds. The summed E-state index contributed by atoms with van der Waals surface area (Å²) >= 11 is 6.88. The molecule has 8 nitrogen and oxygen atoms in total. The quantitative estimate of drug-likeness (QED) is 0.346. The number of thiol groups is 1. The fraction of sp³-hybridized carbons (Fsp3) is 0.235. The topological polar surface area (TPSA) is 123 Å². The third kappa shape index (κ3) is 3.24. The summed E-state index contributed by atoms with van der Waals surface area (Å²) < 4.78 is 1.68. The smallest absolute Gasteiger partial charge is 0.283 e. The molecule has 0 radical (unpaired) electrons. The first kappa shape index (κ1) is 19.1. The van der Waals surface area contributed by atoms with Gasteiger partial charge in [-0.2, -0.15) is 4.57 Å². The lowest BCUT2D eigenvalue weighted by Crippen LogP contribution is -2.68. The van der Waals surface area contributed by atoms with Crippen molar-refractivity contribution in [3.8, 4) is 11.3 Å². The van der Waals surface area contributed by atoms with Gasteiger partial charge < -0.3 is 11.5 Å². The first-order valence-corrected chi connectivity index (χ1v) is 10.6. The number of fused-ring (bicyclic) bond motifs is 1. The van der Waals surface area contributed by atoms with Gasteiger partial charge in [0.1, 0.15) is 22.1 Å². The maximum atomic E-state index is 12.1. The highest BCUT2D eigenvalue weighted by Crippen LogP contribution is 2.44. The minimum absolute atomic E-state index is 0.104. The molecule has 4 rings (SSSR count). The summed E-state index contributed by atoms with van der Waals surface area (Å²) in [7, 11) is 0. The minimum atomic E-state index is -0.586. The molecule has 4 heterocycles. The van der Waals surface area contributed by atoms with Crippen LogP contribution in [0.1, 0.15) is 5.01 Å². The Morgan fingerprint density at radius 2 is 2.07 bits per heavy atom. The van der Waals surface area contributed by atoms with Gasteiger partial charge in [0.05, 0.1) is 5.69 Å². The highest BCUT2D eigenvalue weighted by Gasteiger charge is 2.51. The van der Waals surface area contributed by atoms with Crippen LogP contribution in [0.2, 0.25) is 0 Å². The molecule has 1 fully saturated rings. The number of β-lactam (4-membered cyclic amide) rings is 1. The maximum absolute atomic E-state index is 12.1. The maximum Gasteiger partial charge on any atom is 0.283 e. The zero-order valence-corrected chi connectivity index (χ0v) is 17.0. The number of aromatic nitrogens is 2. The summed E-state index contributed by atoms with van der Waals surface area (Å²) in [6.45, 7) is 0.104. The molecule has 2 atom stereocenters. The zero-order chi connectivity index (χ0) is 20.0. The largest absolute Gasteiger partial charge is 0.364 e. The van der Waals surface area contributed by atoms with Crippen LogP contribution in [0.4, 0.5) is 0 Å². The average Bonchev–Trinajstić information content (AvgIpc) is 3.16. The molecule has 0 bridgehead atoms. The number of rotatable bonds is 5. The number of nitrogens with two attached hydrogens (primary N) is 2. The van der Waals surface area contributed by atoms with Gasteiger partial charge in [0, 0.05) is 34.4 Å². The Hall–Kier alpha value is -2.21. The van der Waals surface area contributed by atoms with Crippen LogP contribution in [0.5, 0.6) is 0 Å². The molecule has 0 aliphatic carbocycles. The lowest BCUT2D eigenvalue weighted by atomic mass is 10.0. The Balaban J connectivity index is 1.65. The fourth-order valence-electron chi connectivity index (χ4n) is 3.14. The van der Waals surface area contributed by atoms with E-state index >= 15 is 0 Å². The van der Waals surface area contributed by atoms with Gasteiger partial charge in [-0.1, -0.05) is 12.6 Å². The van der Waals surface area contributed by atoms with Gasteiger partial charge in [-0.05, 0) is 0 Å². The summed E-state index contributed by atoms with van der Waals surface area (Å²) in [5.41, 5.74) is 13.6. The van der Waals surface area contributed by atoms with Gasteiger partial charge in [-0.3, -0.25) is 19.3 Å². The van der Waals surface area contributed by atoms with Crippen molar-refractivity contribution < 1.29 is 19.0 Å². The van der Waals surface area contributed by atoms with E-state index in [9.17, 15) is 14.4 Å². The fourth-order valence-corrected chi connectivity index (χ4v) is 5.64. The molecule has 2 aromatic heterocycles. The molecule has 0 spiro atoms. The van der Waals surface area contributed by atoms with Crippen LogP contribution in [0.15, 0.2) is 35.6 Å². The zero-order valence-electron chi connectivity index (χ0n) is 14.4.